The molecule has 1 aliphatic rings. The van der Waals surface area contributed by atoms with Crippen molar-refractivity contribution in [2.75, 3.05) is 27.2 Å². The third-order valence-electron chi connectivity index (χ3n) is 5.77. The van der Waals surface area contributed by atoms with E-state index in [0.717, 1.165) is 28.6 Å². The zero-order valence-electron chi connectivity index (χ0n) is 17.0. The van der Waals surface area contributed by atoms with Crippen LogP contribution in [-0.4, -0.2) is 52.6 Å². The third kappa shape index (κ3) is 3.61. The molecule has 1 amide bonds. The van der Waals surface area contributed by atoms with Crippen molar-refractivity contribution in [2.45, 2.75) is 18.9 Å². The molecule has 6 heteroatoms. The van der Waals surface area contributed by atoms with Gasteiger partial charge in [0, 0.05) is 48.2 Å². The molecule has 1 aliphatic heterocycles. The molecule has 0 aliphatic carbocycles. The Hall–Kier alpha value is -2.50. The number of fused-ring (bicyclic) bond motifs is 3. The van der Waals surface area contributed by atoms with E-state index in [4.69, 9.17) is 11.6 Å². The van der Waals surface area contributed by atoms with Gasteiger partial charge < -0.3 is 19.5 Å². The van der Waals surface area contributed by atoms with Crippen LogP contribution < -0.4 is 0 Å². The maximum absolute atomic E-state index is 13.2. The van der Waals surface area contributed by atoms with Crippen LogP contribution in [0.2, 0.25) is 5.02 Å². The summed E-state index contributed by atoms with van der Waals surface area (Å²) in [6, 6.07) is 12.9. The molecule has 0 saturated heterocycles. The number of phenols is 1. The Labute approximate surface area is 176 Å². The summed E-state index contributed by atoms with van der Waals surface area (Å²) in [5.41, 5.74) is 4.35. The van der Waals surface area contributed by atoms with Gasteiger partial charge in [-0.05, 0) is 62.0 Å². The van der Waals surface area contributed by atoms with E-state index in [2.05, 4.69) is 4.57 Å². The quantitative estimate of drug-likeness (QED) is 0.706. The van der Waals surface area contributed by atoms with Crippen LogP contribution in [-0.2, 0) is 18.3 Å². The van der Waals surface area contributed by atoms with Crippen LogP contribution >= 0.6 is 11.6 Å². The van der Waals surface area contributed by atoms with E-state index in [0.29, 0.717) is 24.5 Å². The van der Waals surface area contributed by atoms with Gasteiger partial charge in [0.05, 0.1) is 6.04 Å². The molecule has 2 aromatic carbocycles. The Morgan fingerprint density at radius 1 is 1.24 bits per heavy atom. The molecule has 152 valence electrons. The predicted molar refractivity (Wildman–Crippen MR) is 116 cm³/mol. The second-order valence-electron chi connectivity index (χ2n) is 7.97. The van der Waals surface area contributed by atoms with Crippen molar-refractivity contribution in [3.63, 3.8) is 0 Å². The minimum Gasteiger partial charge on any atom is -0.508 e. The molecule has 4 rings (SSSR count). The summed E-state index contributed by atoms with van der Waals surface area (Å²) in [5.74, 6) is 0.332. The summed E-state index contributed by atoms with van der Waals surface area (Å²) in [6.07, 6.45) is 1.25. The number of nitrogens with zero attached hydrogens (tertiary/aromatic N) is 3. The highest BCUT2D eigenvalue weighted by Gasteiger charge is 2.35. The molecule has 29 heavy (non-hydrogen) atoms. The molecule has 3 aromatic rings. The van der Waals surface area contributed by atoms with Crippen LogP contribution in [0.1, 0.15) is 29.3 Å². The number of aromatic nitrogens is 1. The number of aromatic hydroxyl groups is 1. The van der Waals surface area contributed by atoms with Crippen molar-refractivity contribution in [3.05, 3.63) is 64.3 Å². The molecule has 1 unspecified atom stereocenters. The fourth-order valence-electron chi connectivity index (χ4n) is 4.40. The first-order valence-corrected chi connectivity index (χ1v) is 10.2. The van der Waals surface area contributed by atoms with Crippen LogP contribution in [0.25, 0.3) is 10.9 Å². The number of amides is 1. The van der Waals surface area contributed by atoms with E-state index in [1.54, 1.807) is 12.1 Å². The molecule has 0 saturated carbocycles. The van der Waals surface area contributed by atoms with Crippen molar-refractivity contribution in [2.24, 2.45) is 7.05 Å². The van der Waals surface area contributed by atoms with Gasteiger partial charge in [0.1, 0.15) is 5.75 Å². The first-order valence-electron chi connectivity index (χ1n) is 9.86. The number of phenolic OH excluding ortho intramolecular Hbond substituents is 1. The number of hydrogen-bond donors (Lipinski definition) is 1. The normalized spacial score (nSPS) is 16.4. The smallest absolute Gasteiger partial charge is 0.224 e. The lowest BCUT2D eigenvalue weighted by Crippen LogP contribution is -2.42. The Kier molecular flexibility index (Phi) is 5.28. The van der Waals surface area contributed by atoms with Crippen LogP contribution in [0.4, 0.5) is 0 Å². The van der Waals surface area contributed by atoms with E-state index >= 15 is 0 Å². The van der Waals surface area contributed by atoms with Gasteiger partial charge in [-0.3, -0.25) is 4.79 Å². The zero-order chi connectivity index (χ0) is 20.7. The van der Waals surface area contributed by atoms with Crippen LogP contribution in [0, 0.1) is 0 Å². The maximum Gasteiger partial charge on any atom is 0.224 e. The summed E-state index contributed by atoms with van der Waals surface area (Å²) >= 11 is 6.28. The number of benzene rings is 2. The molecule has 1 atom stereocenters. The monoisotopic (exact) mass is 411 g/mol. The summed E-state index contributed by atoms with van der Waals surface area (Å²) < 4.78 is 2.17. The van der Waals surface area contributed by atoms with Crippen LogP contribution in [0.5, 0.6) is 5.75 Å². The molecule has 0 spiro atoms. The standard InChI is InChI=1S/C23H26ClN3O2/c1-25(2)11-10-21(29)27-12-9-18-19-14-16(24)7-8-20(19)26(3)23(18)22(27)15-5-4-6-17(28)13-15/h4-8,13-14,22,28H,9-12H2,1-3H3. The molecular formula is C23H26ClN3O2. The van der Waals surface area contributed by atoms with Gasteiger partial charge >= 0.3 is 0 Å². The second-order valence-corrected chi connectivity index (χ2v) is 8.41. The number of rotatable bonds is 4. The highest BCUT2D eigenvalue weighted by Crippen LogP contribution is 2.41. The minimum absolute atomic E-state index is 0.126. The summed E-state index contributed by atoms with van der Waals surface area (Å²) in [7, 11) is 5.99. The van der Waals surface area contributed by atoms with E-state index in [1.807, 2.05) is 61.3 Å². The Bertz CT molecular complexity index is 1070. The highest BCUT2D eigenvalue weighted by atomic mass is 35.5. The van der Waals surface area contributed by atoms with Gasteiger partial charge in [0.15, 0.2) is 0 Å². The predicted octanol–water partition coefficient (Wildman–Crippen LogP) is 3.96. The van der Waals surface area contributed by atoms with Gasteiger partial charge in [0.25, 0.3) is 0 Å². The lowest BCUT2D eigenvalue weighted by atomic mass is 9.91. The third-order valence-corrected chi connectivity index (χ3v) is 6.00. The Morgan fingerprint density at radius 3 is 2.76 bits per heavy atom. The molecule has 0 fully saturated rings. The fourth-order valence-corrected chi connectivity index (χ4v) is 4.57. The van der Waals surface area contributed by atoms with Crippen molar-refractivity contribution in [1.29, 1.82) is 0 Å². The lowest BCUT2D eigenvalue weighted by molar-refractivity contribution is -0.133. The fraction of sp³-hybridized carbons (Fsp3) is 0.348. The lowest BCUT2D eigenvalue weighted by Gasteiger charge is -2.37. The number of carbonyl (C=O) groups excluding carboxylic acids is 1. The van der Waals surface area contributed by atoms with Gasteiger partial charge in [-0.2, -0.15) is 0 Å². The van der Waals surface area contributed by atoms with Crippen LogP contribution in [0.3, 0.4) is 0 Å². The molecule has 1 aromatic heterocycles. The van der Waals surface area contributed by atoms with Crippen LogP contribution in [0.15, 0.2) is 42.5 Å². The second kappa shape index (κ2) is 7.73. The number of aryl methyl sites for hydroxylation is 1. The van der Waals surface area contributed by atoms with Gasteiger partial charge in [0.2, 0.25) is 5.91 Å². The summed E-state index contributed by atoms with van der Waals surface area (Å²) in [4.78, 5) is 17.2. The van der Waals surface area contributed by atoms with E-state index in [9.17, 15) is 9.90 Å². The van der Waals surface area contributed by atoms with Gasteiger partial charge in [-0.15, -0.1) is 0 Å². The first-order chi connectivity index (χ1) is 13.9. The number of halogens is 1. The molecule has 1 N–H and O–H groups in total. The van der Waals surface area contributed by atoms with Crippen molar-refractivity contribution in [1.82, 2.24) is 14.4 Å². The Balaban J connectivity index is 1.87. The number of carbonyl (C=O) groups is 1. The van der Waals surface area contributed by atoms with Crippen molar-refractivity contribution >= 4 is 28.4 Å². The number of hydrogen-bond acceptors (Lipinski definition) is 3. The van der Waals surface area contributed by atoms with E-state index < -0.39 is 0 Å². The zero-order valence-corrected chi connectivity index (χ0v) is 17.8. The molecule has 5 nitrogen and oxygen atoms in total. The molecular weight excluding hydrogens is 386 g/mol. The summed E-state index contributed by atoms with van der Waals surface area (Å²) in [5, 5.41) is 12.0. The van der Waals surface area contributed by atoms with Gasteiger partial charge in [-0.1, -0.05) is 23.7 Å². The average Bonchev–Trinajstić information content (AvgIpc) is 2.97. The van der Waals surface area contributed by atoms with E-state index in [1.165, 1.54) is 5.56 Å². The maximum atomic E-state index is 13.2. The SMILES string of the molecule is CN(C)CCC(=O)N1CCc2c(n(C)c3ccc(Cl)cc23)C1c1cccc(O)c1. The van der Waals surface area contributed by atoms with E-state index in [-0.39, 0.29) is 17.7 Å². The van der Waals surface area contributed by atoms with Crippen molar-refractivity contribution in [3.8, 4) is 5.75 Å². The topological polar surface area (TPSA) is 48.7 Å². The molecule has 2 heterocycles. The Morgan fingerprint density at radius 2 is 2.03 bits per heavy atom. The molecule has 0 bridgehead atoms. The first kappa shape index (κ1) is 19.8. The largest absolute Gasteiger partial charge is 0.508 e. The summed E-state index contributed by atoms with van der Waals surface area (Å²) in [6.45, 7) is 1.35. The van der Waals surface area contributed by atoms with Gasteiger partial charge in [-0.25, -0.2) is 0 Å². The average molecular weight is 412 g/mol. The van der Waals surface area contributed by atoms with Crippen molar-refractivity contribution < 1.29 is 9.90 Å². The molecule has 0 radical (unpaired) electrons. The minimum atomic E-state index is -0.239. The highest BCUT2D eigenvalue weighted by molar-refractivity contribution is 6.31.